The third-order valence-corrected chi connectivity index (χ3v) is 4.78. The van der Waals surface area contributed by atoms with Crippen molar-refractivity contribution >= 4 is 11.6 Å². The zero-order valence-corrected chi connectivity index (χ0v) is 14.1. The molecule has 2 unspecified atom stereocenters. The molecule has 118 valence electrons. The van der Waals surface area contributed by atoms with Gasteiger partial charge in [-0.05, 0) is 43.4 Å². The van der Waals surface area contributed by atoms with Gasteiger partial charge in [-0.2, -0.15) is 0 Å². The van der Waals surface area contributed by atoms with Crippen molar-refractivity contribution in [1.29, 1.82) is 0 Å². The molecule has 1 aromatic carbocycles. The fourth-order valence-electron chi connectivity index (χ4n) is 3.29. The van der Waals surface area contributed by atoms with Gasteiger partial charge < -0.3 is 10.1 Å². The van der Waals surface area contributed by atoms with Crippen molar-refractivity contribution in [3.05, 3.63) is 34.9 Å². The smallest absolute Gasteiger partial charge is 0.0813 e. The van der Waals surface area contributed by atoms with Crippen molar-refractivity contribution in [3.63, 3.8) is 0 Å². The van der Waals surface area contributed by atoms with E-state index < -0.39 is 0 Å². The molecule has 1 aromatic rings. The average Bonchev–Trinajstić information content (AvgIpc) is 2.47. The predicted molar refractivity (Wildman–Crippen MR) is 89.8 cm³/mol. The average molecular weight is 310 g/mol. The maximum atomic E-state index is 6.41. The topological polar surface area (TPSA) is 21.3 Å². The zero-order chi connectivity index (χ0) is 15.1. The van der Waals surface area contributed by atoms with Crippen molar-refractivity contribution in [2.75, 3.05) is 13.1 Å². The van der Waals surface area contributed by atoms with Gasteiger partial charge in [0.2, 0.25) is 0 Å². The largest absolute Gasteiger partial charge is 0.369 e. The van der Waals surface area contributed by atoms with Gasteiger partial charge in [0, 0.05) is 11.6 Å². The third-order valence-electron chi connectivity index (χ3n) is 4.42. The van der Waals surface area contributed by atoms with Crippen LogP contribution in [0.25, 0.3) is 0 Å². The van der Waals surface area contributed by atoms with Gasteiger partial charge in [-0.3, -0.25) is 0 Å². The molecular weight excluding hydrogens is 282 g/mol. The highest BCUT2D eigenvalue weighted by atomic mass is 35.5. The second-order valence-corrected chi connectivity index (χ2v) is 6.85. The van der Waals surface area contributed by atoms with E-state index in [1.54, 1.807) is 0 Å². The van der Waals surface area contributed by atoms with Crippen LogP contribution in [0, 0.1) is 5.92 Å². The molecule has 0 aromatic heterocycles. The molecule has 0 radical (unpaired) electrons. The molecule has 0 bridgehead atoms. The number of benzene rings is 1. The van der Waals surface area contributed by atoms with E-state index in [9.17, 15) is 0 Å². The molecule has 0 spiro atoms. The fraction of sp³-hybridized carbons (Fsp3) is 0.667. The van der Waals surface area contributed by atoms with E-state index in [4.69, 9.17) is 16.3 Å². The Kier molecular flexibility index (Phi) is 6.53. The van der Waals surface area contributed by atoms with E-state index in [1.807, 2.05) is 18.2 Å². The molecule has 1 saturated carbocycles. The first-order chi connectivity index (χ1) is 10.2. The molecule has 2 atom stereocenters. The van der Waals surface area contributed by atoms with Crippen LogP contribution in [0.3, 0.4) is 0 Å². The maximum Gasteiger partial charge on any atom is 0.0813 e. The first kappa shape index (κ1) is 16.8. The van der Waals surface area contributed by atoms with E-state index >= 15 is 0 Å². The molecule has 2 nitrogen and oxygen atoms in total. The quantitative estimate of drug-likeness (QED) is 0.730. The summed E-state index contributed by atoms with van der Waals surface area (Å²) in [5.41, 5.74) is 1.07. The summed E-state index contributed by atoms with van der Waals surface area (Å²) < 4.78 is 6.41. The summed E-state index contributed by atoms with van der Waals surface area (Å²) in [5, 5.41) is 4.36. The molecule has 1 aliphatic carbocycles. The molecule has 0 saturated heterocycles. The molecule has 3 heteroatoms. The number of nitrogens with one attached hydrogen (secondary N) is 1. The Balaban J connectivity index is 2.00. The predicted octanol–water partition coefficient (Wildman–Crippen LogP) is 4.81. The standard InChI is InChI=1S/C18H28ClNO/c1-3-11-20-14-18(10-6-7-15(2)12-18)21-13-16-8-4-5-9-17(16)19/h4-5,8-9,15,20H,3,6-7,10-14H2,1-2H3. The monoisotopic (exact) mass is 309 g/mol. The van der Waals surface area contributed by atoms with Gasteiger partial charge in [-0.25, -0.2) is 0 Å². The summed E-state index contributed by atoms with van der Waals surface area (Å²) in [6.07, 6.45) is 6.05. The lowest BCUT2D eigenvalue weighted by atomic mass is 9.78. The van der Waals surface area contributed by atoms with Crippen LogP contribution < -0.4 is 5.32 Å². The highest BCUT2D eigenvalue weighted by Gasteiger charge is 2.35. The first-order valence-corrected chi connectivity index (χ1v) is 8.61. The highest BCUT2D eigenvalue weighted by Crippen LogP contribution is 2.36. The Labute approximate surface area is 134 Å². The Bertz CT molecular complexity index is 437. The summed E-state index contributed by atoms with van der Waals surface area (Å²) >= 11 is 6.25. The summed E-state index contributed by atoms with van der Waals surface area (Å²) in [7, 11) is 0. The lowest BCUT2D eigenvalue weighted by molar-refractivity contribution is -0.0888. The van der Waals surface area contributed by atoms with Crippen LogP contribution in [-0.4, -0.2) is 18.7 Å². The van der Waals surface area contributed by atoms with Gasteiger partial charge in [0.15, 0.2) is 0 Å². The number of hydrogen-bond acceptors (Lipinski definition) is 2. The molecule has 0 aliphatic heterocycles. The van der Waals surface area contributed by atoms with E-state index in [0.29, 0.717) is 6.61 Å². The van der Waals surface area contributed by atoms with Gasteiger partial charge in [0.05, 0.1) is 12.2 Å². The van der Waals surface area contributed by atoms with Gasteiger partial charge in [-0.1, -0.05) is 56.5 Å². The van der Waals surface area contributed by atoms with Crippen LogP contribution in [0.2, 0.25) is 5.02 Å². The summed E-state index contributed by atoms with van der Waals surface area (Å²) in [6, 6.07) is 7.98. The van der Waals surface area contributed by atoms with E-state index in [-0.39, 0.29) is 5.60 Å². The summed E-state index contributed by atoms with van der Waals surface area (Å²) in [4.78, 5) is 0. The second-order valence-electron chi connectivity index (χ2n) is 6.44. The van der Waals surface area contributed by atoms with Crippen LogP contribution in [-0.2, 0) is 11.3 Å². The molecular formula is C18H28ClNO. The minimum Gasteiger partial charge on any atom is -0.369 e. The lowest BCUT2D eigenvalue weighted by Crippen LogP contribution is -2.46. The second kappa shape index (κ2) is 8.17. The first-order valence-electron chi connectivity index (χ1n) is 8.23. The Morgan fingerprint density at radius 1 is 1.38 bits per heavy atom. The number of rotatable bonds is 7. The van der Waals surface area contributed by atoms with E-state index in [0.717, 1.165) is 48.9 Å². The van der Waals surface area contributed by atoms with Crippen molar-refractivity contribution in [2.45, 2.75) is 58.2 Å². The van der Waals surface area contributed by atoms with Crippen molar-refractivity contribution in [3.8, 4) is 0 Å². The van der Waals surface area contributed by atoms with Crippen LogP contribution in [0.1, 0.15) is 51.5 Å². The molecule has 1 N–H and O–H groups in total. The van der Waals surface area contributed by atoms with Crippen LogP contribution >= 0.6 is 11.6 Å². The van der Waals surface area contributed by atoms with Gasteiger partial charge in [0.1, 0.15) is 0 Å². The van der Waals surface area contributed by atoms with Gasteiger partial charge in [0.25, 0.3) is 0 Å². The van der Waals surface area contributed by atoms with Crippen molar-refractivity contribution in [2.24, 2.45) is 5.92 Å². The minimum absolute atomic E-state index is 0.0218. The Morgan fingerprint density at radius 3 is 2.90 bits per heavy atom. The Morgan fingerprint density at radius 2 is 2.19 bits per heavy atom. The SMILES string of the molecule is CCCNCC1(OCc2ccccc2Cl)CCCC(C)C1. The number of ether oxygens (including phenoxy) is 1. The highest BCUT2D eigenvalue weighted by molar-refractivity contribution is 6.31. The van der Waals surface area contributed by atoms with Gasteiger partial charge in [-0.15, -0.1) is 0 Å². The summed E-state index contributed by atoms with van der Waals surface area (Å²) in [6.45, 7) is 7.17. The summed E-state index contributed by atoms with van der Waals surface area (Å²) in [5.74, 6) is 0.744. The normalized spacial score (nSPS) is 26.0. The molecule has 21 heavy (non-hydrogen) atoms. The van der Waals surface area contributed by atoms with Crippen LogP contribution in [0.15, 0.2) is 24.3 Å². The van der Waals surface area contributed by atoms with Crippen molar-refractivity contribution in [1.82, 2.24) is 5.32 Å². The van der Waals surface area contributed by atoms with Crippen LogP contribution in [0.5, 0.6) is 0 Å². The molecule has 2 rings (SSSR count). The van der Waals surface area contributed by atoms with Crippen molar-refractivity contribution < 1.29 is 4.74 Å². The lowest BCUT2D eigenvalue weighted by Gasteiger charge is -2.40. The van der Waals surface area contributed by atoms with Gasteiger partial charge >= 0.3 is 0 Å². The molecule has 1 fully saturated rings. The van der Waals surface area contributed by atoms with Crippen LogP contribution in [0.4, 0.5) is 0 Å². The number of hydrogen-bond donors (Lipinski definition) is 1. The molecule has 0 amide bonds. The van der Waals surface area contributed by atoms with E-state index in [1.165, 1.54) is 12.8 Å². The third kappa shape index (κ3) is 4.98. The molecule has 0 heterocycles. The fourth-order valence-corrected chi connectivity index (χ4v) is 3.48. The number of halogens is 1. The van der Waals surface area contributed by atoms with E-state index in [2.05, 4.69) is 25.2 Å². The Hall–Kier alpha value is -0.570. The zero-order valence-electron chi connectivity index (χ0n) is 13.3. The molecule has 1 aliphatic rings. The maximum absolute atomic E-state index is 6.41. The minimum atomic E-state index is -0.0218.